The van der Waals surface area contributed by atoms with Gasteiger partial charge in [-0.1, -0.05) is 0 Å². The summed E-state index contributed by atoms with van der Waals surface area (Å²) < 4.78 is 28.0. The van der Waals surface area contributed by atoms with Crippen molar-refractivity contribution in [1.29, 1.82) is 0 Å². The van der Waals surface area contributed by atoms with Crippen molar-refractivity contribution in [1.82, 2.24) is 14.7 Å². The van der Waals surface area contributed by atoms with Gasteiger partial charge in [-0.2, -0.15) is 5.10 Å². The Kier molecular flexibility index (Phi) is 4.29. The Balaban J connectivity index is 1.73. The highest BCUT2D eigenvalue weighted by Gasteiger charge is 2.25. The normalized spacial score (nSPS) is 18.7. The lowest BCUT2D eigenvalue weighted by molar-refractivity contribution is 0.216. The molecule has 1 unspecified atom stereocenters. The highest BCUT2D eigenvalue weighted by atomic mass is 19.1. The fourth-order valence-electron chi connectivity index (χ4n) is 2.97. The molecule has 6 heteroatoms. The Bertz CT molecular complexity index is 696. The van der Waals surface area contributed by atoms with Gasteiger partial charge in [-0.05, 0) is 43.1 Å². The predicted molar refractivity (Wildman–Crippen MR) is 78.3 cm³/mol. The molecule has 3 rings (SSSR count). The van der Waals surface area contributed by atoms with E-state index in [1.165, 1.54) is 22.9 Å². The van der Waals surface area contributed by atoms with Crippen LogP contribution in [-0.4, -0.2) is 27.3 Å². The van der Waals surface area contributed by atoms with Crippen molar-refractivity contribution in [3.8, 4) is 0 Å². The van der Waals surface area contributed by atoms with E-state index in [0.29, 0.717) is 18.7 Å². The van der Waals surface area contributed by atoms with Gasteiger partial charge < -0.3 is 0 Å². The molecule has 1 aromatic carbocycles. The van der Waals surface area contributed by atoms with E-state index in [0.717, 1.165) is 25.5 Å². The number of likely N-dealkylation sites (tertiary alicyclic amines) is 1. The van der Waals surface area contributed by atoms with Crippen LogP contribution < -0.4 is 5.56 Å². The second-order valence-electron chi connectivity index (χ2n) is 5.59. The smallest absolute Gasteiger partial charge is 0.266 e. The topological polar surface area (TPSA) is 38.1 Å². The monoisotopic (exact) mass is 305 g/mol. The molecule has 1 atom stereocenters. The molecule has 0 amide bonds. The van der Waals surface area contributed by atoms with E-state index in [2.05, 4.69) is 10.00 Å². The van der Waals surface area contributed by atoms with Crippen LogP contribution in [0.25, 0.3) is 0 Å². The molecule has 0 bridgehead atoms. The zero-order valence-corrected chi connectivity index (χ0v) is 12.1. The van der Waals surface area contributed by atoms with Crippen molar-refractivity contribution in [3.63, 3.8) is 0 Å². The average Bonchev–Trinajstić information content (AvgIpc) is 2.87. The predicted octanol–water partition coefficient (Wildman–Crippen LogP) is 2.19. The van der Waals surface area contributed by atoms with Crippen LogP contribution in [0.4, 0.5) is 8.78 Å². The number of halogens is 2. The van der Waals surface area contributed by atoms with Gasteiger partial charge in [0.15, 0.2) is 0 Å². The molecule has 0 saturated carbocycles. The van der Waals surface area contributed by atoms with Gasteiger partial charge in [-0.3, -0.25) is 9.69 Å². The lowest BCUT2D eigenvalue weighted by atomic mass is 10.1. The number of nitrogens with zero attached hydrogens (tertiary/aromatic N) is 3. The molecule has 1 saturated heterocycles. The summed E-state index contributed by atoms with van der Waals surface area (Å²) in [6.07, 6.45) is 3.54. The molecule has 0 N–H and O–H groups in total. The van der Waals surface area contributed by atoms with Crippen LogP contribution in [0.15, 0.2) is 41.3 Å². The second kappa shape index (κ2) is 6.36. The van der Waals surface area contributed by atoms with Crippen LogP contribution in [0.2, 0.25) is 0 Å². The van der Waals surface area contributed by atoms with E-state index >= 15 is 0 Å². The molecule has 116 valence electrons. The molecule has 0 aliphatic carbocycles. The van der Waals surface area contributed by atoms with Crippen LogP contribution in [0.1, 0.15) is 18.4 Å². The summed E-state index contributed by atoms with van der Waals surface area (Å²) >= 11 is 0. The lowest BCUT2D eigenvalue weighted by Crippen LogP contribution is -2.36. The minimum absolute atomic E-state index is 0.133. The van der Waals surface area contributed by atoms with E-state index in [1.54, 1.807) is 12.3 Å². The maximum absolute atomic E-state index is 13.3. The summed E-state index contributed by atoms with van der Waals surface area (Å²) in [5, 5.41) is 4.07. The van der Waals surface area contributed by atoms with E-state index in [4.69, 9.17) is 0 Å². The average molecular weight is 305 g/mol. The molecule has 1 aliphatic rings. The van der Waals surface area contributed by atoms with Gasteiger partial charge in [0.2, 0.25) is 0 Å². The van der Waals surface area contributed by atoms with Crippen LogP contribution >= 0.6 is 0 Å². The summed E-state index contributed by atoms with van der Waals surface area (Å²) in [6.45, 7) is 1.82. The van der Waals surface area contributed by atoms with Crippen molar-refractivity contribution in [2.75, 3.05) is 6.54 Å². The van der Waals surface area contributed by atoms with E-state index < -0.39 is 11.6 Å². The molecule has 4 nitrogen and oxygen atoms in total. The summed E-state index contributed by atoms with van der Waals surface area (Å²) in [6, 6.07) is 6.82. The Morgan fingerprint density at radius 2 is 2.00 bits per heavy atom. The summed E-state index contributed by atoms with van der Waals surface area (Å²) in [5.74, 6) is -1.13. The number of hydrogen-bond acceptors (Lipinski definition) is 3. The highest BCUT2D eigenvalue weighted by molar-refractivity contribution is 5.18. The summed E-state index contributed by atoms with van der Waals surface area (Å²) in [4.78, 5) is 13.9. The summed E-state index contributed by atoms with van der Waals surface area (Å²) in [7, 11) is 0. The first-order chi connectivity index (χ1) is 10.6. The maximum Gasteiger partial charge on any atom is 0.266 e. The number of rotatable bonds is 4. The van der Waals surface area contributed by atoms with Crippen LogP contribution in [0.3, 0.4) is 0 Å². The SMILES string of the molecule is O=c1cccnn1CC1CCCN1Cc1cc(F)cc(F)c1. The van der Waals surface area contributed by atoms with Crippen molar-refractivity contribution < 1.29 is 8.78 Å². The van der Waals surface area contributed by atoms with Gasteiger partial charge in [0.05, 0.1) is 6.54 Å². The minimum Gasteiger partial charge on any atom is -0.294 e. The quantitative estimate of drug-likeness (QED) is 0.869. The Labute approximate surface area is 127 Å². The molecule has 1 fully saturated rings. The first-order valence-electron chi connectivity index (χ1n) is 7.33. The molecule has 1 aromatic heterocycles. The molecule has 0 spiro atoms. The van der Waals surface area contributed by atoms with Gasteiger partial charge in [0.1, 0.15) is 11.6 Å². The third-order valence-electron chi connectivity index (χ3n) is 3.98. The van der Waals surface area contributed by atoms with Gasteiger partial charge in [-0.15, -0.1) is 0 Å². The molecule has 2 aromatic rings. The Hall–Kier alpha value is -2.08. The van der Waals surface area contributed by atoms with E-state index in [9.17, 15) is 13.6 Å². The molecule has 0 radical (unpaired) electrons. The van der Waals surface area contributed by atoms with Crippen LogP contribution in [0.5, 0.6) is 0 Å². The van der Waals surface area contributed by atoms with E-state index in [1.807, 2.05) is 0 Å². The molecule has 2 heterocycles. The third kappa shape index (κ3) is 3.39. The zero-order valence-electron chi connectivity index (χ0n) is 12.1. The van der Waals surface area contributed by atoms with Crippen LogP contribution in [-0.2, 0) is 13.1 Å². The molecular formula is C16H17F2N3O. The summed E-state index contributed by atoms with van der Waals surface area (Å²) in [5.41, 5.74) is 0.476. The third-order valence-corrected chi connectivity index (χ3v) is 3.98. The van der Waals surface area contributed by atoms with Gasteiger partial charge in [0.25, 0.3) is 5.56 Å². The van der Waals surface area contributed by atoms with Crippen molar-refractivity contribution >= 4 is 0 Å². The standard InChI is InChI=1S/C16H17F2N3O/c17-13-7-12(8-14(18)9-13)10-20-6-2-3-15(20)11-21-16(22)4-1-5-19-21/h1,4-5,7-9,15H,2-3,6,10-11H2. The number of hydrogen-bond donors (Lipinski definition) is 0. The molecular weight excluding hydrogens is 288 g/mol. The Morgan fingerprint density at radius 1 is 1.23 bits per heavy atom. The molecule has 1 aliphatic heterocycles. The van der Waals surface area contributed by atoms with Crippen molar-refractivity contribution in [2.24, 2.45) is 0 Å². The van der Waals surface area contributed by atoms with Gasteiger partial charge in [0, 0.05) is 30.9 Å². The highest BCUT2D eigenvalue weighted by Crippen LogP contribution is 2.21. The van der Waals surface area contributed by atoms with Crippen LogP contribution in [0, 0.1) is 11.6 Å². The maximum atomic E-state index is 13.3. The van der Waals surface area contributed by atoms with Gasteiger partial charge in [-0.25, -0.2) is 13.5 Å². The number of aromatic nitrogens is 2. The first kappa shape index (κ1) is 14.8. The zero-order chi connectivity index (χ0) is 15.5. The number of benzene rings is 1. The van der Waals surface area contributed by atoms with Crippen molar-refractivity contribution in [2.45, 2.75) is 32.0 Å². The van der Waals surface area contributed by atoms with Crippen molar-refractivity contribution in [3.05, 3.63) is 64.1 Å². The fraction of sp³-hybridized carbons (Fsp3) is 0.375. The lowest BCUT2D eigenvalue weighted by Gasteiger charge is -2.24. The van der Waals surface area contributed by atoms with Gasteiger partial charge >= 0.3 is 0 Å². The second-order valence-corrected chi connectivity index (χ2v) is 5.59. The minimum atomic E-state index is -0.563. The Morgan fingerprint density at radius 3 is 2.73 bits per heavy atom. The first-order valence-corrected chi connectivity index (χ1v) is 7.33. The largest absolute Gasteiger partial charge is 0.294 e. The molecule has 22 heavy (non-hydrogen) atoms. The fourth-order valence-corrected chi connectivity index (χ4v) is 2.97. The van der Waals surface area contributed by atoms with E-state index in [-0.39, 0.29) is 11.6 Å².